The lowest BCUT2D eigenvalue weighted by atomic mass is 10.1. The molecule has 1 heterocycles. The van der Waals surface area contributed by atoms with Crippen LogP contribution in [0.1, 0.15) is 227 Å². The molecule has 0 unspecified atom stereocenters. The van der Waals surface area contributed by atoms with E-state index in [2.05, 4.69) is 58.3 Å². The Labute approximate surface area is 456 Å². The smallest absolute Gasteiger partial charge is 0.307 e. The second kappa shape index (κ2) is 51.0. The third-order valence-corrected chi connectivity index (χ3v) is 13.1. The number of aromatic nitrogens is 3. The van der Waals surface area contributed by atoms with Crippen LogP contribution in [0.25, 0.3) is 0 Å². The van der Waals surface area contributed by atoms with Crippen LogP contribution in [0.2, 0.25) is 0 Å². The zero-order valence-electron chi connectivity index (χ0n) is 48.8. The molecule has 0 saturated carbocycles. The van der Waals surface area contributed by atoms with Crippen molar-refractivity contribution in [3.05, 3.63) is 0 Å². The van der Waals surface area contributed by atoms with Crippen LogP contribution in [-0.2, 0) is 38.1 Å². The molecule has 0 amide bonds. The van der Waals surface area contributed by atoms with Crippen LogP contribution < -0.4 is 16.0 Å². The van der Waals surface area contributed by atoms with Gasteiger partial charge in [-0.05, 0) is 78.7 Å². The average Bonchev–Trinajstić information content (AvgIpc) is 3.39. The molecule has 0 fully saturated rings. The van der Waals surface area contributed by atoms with E-state index < -0.39 is 0 Å². The molecule has 0 atom stereocenters. The molecular weight excluding hydrogens is 951 g/mol. The number of rotatable bonds is 55. The molecule has 0 saturated heterocycles. The molecule has 0 aliphatic heterocycles. The van der Waals surface area contributed by atoms with Gasteiger partial charge in [-0.25, -0.2) is 0 Å². The Morgan fingerprint density at radius 2 is 0.573 bits per heavy atom. The van der Waals surface area contributed by atoms with Crippen molar-refractivity contribution in [2.75, 3.05) is 122 Å². The molecule has 0 radical (unpaired) electrons. The van der Waals surface area contributed by atoms with E-state index in [9.17, 15) is 19.2 Å². The molecule has 0 aliphatic carbocycles. The Bertz CT molecular complexity index is 1360. The summed E-state index contributed by atoms with van der Waals surface area (Å²) in [5.74, 6) is 0.501. The van der Waals surface area contributed by atoms with Gasteiger partial charge in [-0.2, -0.15) is 15.0 Å². The number of ether oxygens (including phenoxy) is 4. The number of carbonyl (C=O) groups is 4. The quantitative estimate of drug-likeness (QED) is 0.0317. The van der Waals surface area contributed by atoms with Crippen molar-refractivity contribution in [3.63, 3.8) is 0 Å². The highest BCUT2D eigenvalue weighted by atomic mass is 16.5. The summed E-state index contributed by atoms with van der Waals surface area (Å²) in [5.41, 5.74) is 0. The van der Waals surface area contributed by atoms with Crippen LogP contribution in [0.5, 0.6) is 0 Å². The molecule has 3 N–H and O–H groups in total. The minimum Gasteiger partial charge on any atom is -0.466 e. The van der Waals surface area contributed by atoms with Gasteiger partial charge in [-0.1, -0.05) is 156 Å². The number of nitrogens with zero attached hydrogens (tertiary/aromatic N) is 6. The summed E-state index contributed by atoms with van der Waals surface area (Å²) < 4.78 is 22.3. The van der Waals surface area contributed by atoms with E-state index in [0.717, 1.165) is 64.3 Å². The fourth-order valence-corrected chi connectivity index (χ4v) is 8.44. The lowest BCUT2D eigenvalue weighted by Crippen LogP contribution is -2.32. The summed E-state index contributed by atoms with van der Waals surface area (Å²) in [6.07, 6.45) is 30.5. The lowest BCUT2D eigenvalue weighted by Gasteiger charge is -2.22. The molecule has 17 heteroatoms. The zero-order chi connectivity index (χ0) is 54.7. The number of hydrogen-bond acceptors (Lipinski definition) is 17. The Kier molecular flexibility index (Phi) is 47.0. The third-order valence-electron chi connectivity index (χ3n) is 13.1. The Hall–Kier alpha value is -3.83. The van der Waals surface area contributed by atoms with Crippen LogP contribution in [0.15, 0.2) is 0 Å². The first kappa shape index (κ1) is 69.2. The van der Waals surface area contributed by atoms with Crippen molar-refractivity contribution < 1.29 is 38.1 Å². The maximum Gasteiger partial charge on any atom is 0.307 e. The Balaban J connectivity index is 2.92. The average molecular weight is 1060 g/mol. The fourth-order valence-electron chi connectivity index (χ4n) is 8.44. The third kappa shape index (κ3) is 45.0. The van der Waals surface area contributed by atoms with E-state index in [-0.39, 0.29) is 49.6 Å². The van der Waals surface area contributed by atoms with Gasteiger partial charge in [0.2, 0.25) is 17.8 Å². The molecule has 1 rings (SSSR count). The molecule has 75 heavy (non-hydrogen) atoms. The number of unbranched alkanes of at least 4 members (excludes halogenated alkanes) is 20. The van der Waals surface area contributed by atoms with E-state index in [4.69, 9.17) is 33.9 Å². The van der Waals surface area contributed by atoms with Gasteiger partial charge in [0.05, 0.1) is 52.1 Å². The van der Waals surface area contributed by atoms with Gasteiger partial charge >= 0.3 is 23.9 Å². The number of esters is 4. The second-order valence-corrected chi connectivity index (χ2v) is 20.6. The Morgan fingerprint density at radius 3 is 0.827 bits per heavy atom. The minimum absolute atomic E-state index is 0.210. The molecular formula is C58H111N9O8. The van der Waals surface area contributed by atoms with E-state index in [1.807, 2.05) is 14.1 Å². The van der Waals surface area contributed by atoms with Gasteiger partial charge in [0.1, 0.15) is 0 Å². The molecule has 0 aromatic carbocycles. The van der Waals surface area contributed by atoms with Gasteiger partial charge < -0.3 is 49.6 Å². The summed E-state index contributed by atoms with van der Waals surface area (Å²) >= 11 is 0. The summed E-state index contributed by atoms with van der Waals surface area (Å²) in [5, 5.41) is 10.1. The normalized spacial score (nSPS) is 11.4. The molecule has 0 aliphatic rings. The molecule has 1 aromatic rings. The zero-order valence-corrected chi connectivity index (χ0v) is 48.8. The highest BCUT2D eigenvalue weighted by Gasteiger charge is 2.16. The first-order valence-corrected chi connectivity index (χ1v) is 30.3. The molecule has 436 valence electrons. The van der Waals surface area contributed by atoms with E-state index in [0.29, 0.717) is 116 Å². The van der Waals surface area contributed by atoms with Gasteiger partial charge in [-0.15, -0.1) is 0 Å². The fraction of sp³-hybridized carbons (Fsp3) is 0.879. The van der Waals surface area contributed by atoms with Crippen molar-refractivity contribution in [2.24, 2.45) is 0 Å². The second-order valence-electron chi connectivity index (χ2n) is 20.6. The van der Waals surface area contributed by atoms with Crippen molar-refractivity contribution in [2.45, 2.75) is 227 Å². The number of hydrogen-bond donors (Lipinski definition) is 3. The molecule has 0 spiro atoms. The predicted molar refractivity (Wildman–Crippen MR) is 306 cm³/mol. The summed E-state index contributed by atoms with van der Waals surface area (Å²) in [6, 6.07) is 0. The van der Waals surface area contributed by atoms with Crippen molar-refractivity contribution in [1.29, 1.82) is 0 Å². The standard InChI is InChI=1S/C58H111N9O8/c1-7-11-15-19-23-27-48-72-52(68)34-44-66(45-35-53(69)73-49-28-24-20-16-12-8-2)42-32-39-60-57-62-56(59-38-31-41-65(5)6)63-58(64-57)61-40-33-43-67(46-36-54(70)74-50-29-25-21-17-13-9-3)47-37-55(71)75-51-30-26-22-18-14-10-4/h7-51H2,1-6H3,(H3,59,60,61,62,63,64). The number of nitrogens with one attached hydrogen (secondary N) is 3. The summed E-state index contributed by atoms with van der Waals surface area (Å²) in [6.45, 7) is 16.6. The van der Waals surface area contributed by atoms with E-state index in [1.165, 1.54) is 103 Å². The van der Waals surface area contributed by atoms with Crippen molar-refractivity contribution in [1.82, 2.24) is 29.7 Å². The van der Waals surface area contributed by atoms with Gasteiger partial charge in [0.25, 0.3) is 0 Å². The monoisotopic (exact) mass is 1060 g/mol. The van der Waals surface area contributed by atoms with Crippen LogP contribution >= 0.6 is 0 Å². The van der Waals surface area contributed by atoms with Gasteiger partial charge in [-0.3, -0.25) is 19.2 Å². The SMILES string of the molecule is CCCCCCCCOC(=O)CCN(CCCNc1nc(NCCCN(C)C)nc(NCCCN(CCC(=O)OCCCCCCCC)CCC(=O)OCCCCCCCC)n1)CCC(=O)OCCCCCCCC. The molecule has 1 aromatic heterocycles. The predicted octanol–water partition coefficient (Wildman–Crippen LogP) is 11.6. The van der Waals surface area contributed by atoms with Gasteiger partial charge in [0, 0.05) is 45.8 Å². The molecule has 0 bridgehead atoms. The van der Waals surface area contributed by atoms with Crippen LogP contribution in [0.3, 0.4) is 0 Å². The van der Waals surface area contributed by atoms with Crippen LogP contribution in [0.4, 0.5) is 17.8 Å². The largest absolute Gasteiger partial charge is 0.466 e. The van der Waals surface area contributed by atoms with E-state index in [1.54, 1.807) is 0 Å². The summed E-state index contributed by atoms with van der Waals surface area (Å²) in [4.78, 5) is 71.5. The highest BCUT2D eigenvalue weighted by Crippen LogP contribution is 2.13. The van der Waals surface area contributed by atoms with Crippen LogP contribution in [-0.4, -0.2) is 159 Å². The first-order chi connectivity index (χ1) is 36.6. The highest BCUT2D eigenvalue weighted by molar-refractivity contribution is 5.71. The van der Waals surface area contributed by atoms with Crippen molar-refractivity contribution in [3.8, 4) is 0 Å². The Morgan fingerprint density at radius 1 is 0.333 bits per heavy atom. The molecule has 17 nitrogen and oxygen atoms in total. The number of anilines is 3. The summed E-state index contributed by atoms with van der Waals surface area (Å²) in [7, 11) is 4.10. The van der Waals surface area contributed by atoms with Gasteiger partial charge in [0.15, 0.2) is 0 Å². The minimum atomic E-state index is -0.210. The number of carbonyl (C=O) groups excluding carboxylic acids is 4. The van der Waals surface area contributed by atoms with E-state index >= 15 is 0 Å². The topological polar surface area (TPSA) is 190 Å². The first-order valence-electron chi connectivity index (χ1n) is 30.3. The lowest BCUT2D eigenvalue weighted by molar-refractivity contribution is -0.146. The maximum absolute atomic E-state index is 12.7. The maximum atomic E-state index is 12.7. The van der Waals surface area contributed by atoms with Crippen LogP contribution in [0, 0.1) is 0 Å². The van der Waals surface area contributed by atoms with Crippen molar-refractivity contribution >= 4 is 41.7 Å².